The number of nitrogens with one attached hydrogen (secondary N) is 1. The lowest BCUT2D eigenvalue weighted by Crippen LogP contribution is -2.29. The van der Waals surface area contributed by atoms with Gasteiger partial charge >= 0.3 is 0 Å². The Kier molecular flexibility index (Phi) is 5.11. The highest BCUT2D eigenvalue weighted by molar-refractivity contribution is 7.09. The number of hydrogen-bond acceptors (Lipinski definition) is 3. The normalized spacial score (nSPS) is 10.8. The SMILES string of the molecule is CN(CC(=O)Nc1ccc(F)c(Cl)c1)Cc1cccs1. The molecule has 0 aliphatic rings. The van der Waals surface area contributed by atoms with Gasteiger partial charge in [0.2, 0.25) is 5.91 Å². The molecule has 1 N–H and O–H groups in total. The van der Waals surface area contributed by atoms with E-state index < -0.39 is 5.82 Å². The van der Waals surface area contributed by atoms with Gasteiger partial charge in [0.25, 0.3) is 0 Å². The van der Waals surface area contributed by atoms with Crippen molar-refractivity contribution in [1.82, 2.24) is 4.90 Å². The number of carbonyl (C=O) groups is 1. The van der Waals surface area contributed by atoms with Crippen LogP contribution in [0.25, 0.3) is 0 Å². The quantitative estimate of drug-likeness (QED) is 0.914. The van der Waals surface area contributed by atoms with Gasteiger partial charge in [0.15, 0.2) is 0 Å². The van der Waals surface area contributed by atoms with Crippen LogP contribution < -0.4 is 5.32 Å². The molecule has 20 heavy (non-hydrogen) atoms. The number of likely N-dealkylation sites (N-methyl/N-ethyl adjacent to an activating group) is 1. The minimum Gasteiger partial charge on any atom is -0.325 e. The van der Waals surface area contributed by atoms with Crippen molar-refractivity contribution >= 4 is 34.5 Å². The number of anilines is 1. The van der Waals surface area contributed by atoms with Crippen molar-refractivity contribution < 1.29 is 9.18 Å². The molecule has 0 unspecified atom stereocenters. The number of halogens is 2. The van der Waals surface area contributed by atoms with Crippen LogP contribution in [0, 0.1) is 5.82 Å². The molecule has 0 bridgehead atoms. The number of hydrogen-bond donors (Lipinski definition) is 1. The van der Waals surface area contributed by atoms with E-state index in [1.165, 1.54) is 23.1 Å². The molecule has 2 aromatic rings. The molecule has 1 heterocycles. The fraction of sp³-hybridized carbons (Fsp3) is 0.214. The third-order valence-electron chi connectivity index (χ3n) is 2.62. The molecule has 0 fully saturated rings. The summed E-state index contributed by atoms with van der Waals surface area (Å²) in [6.07, 6.45) is 0. The van der Waals surface area contributed by atoms with E-state index >= 15 is 0 Å². The molecule has 106 valence electrons. The number of amides is 1. The molecule has 1 aromatic carbocycles. The monoisotopic (exact) mass is 312 g/mol. The lowest BCUT2D eigenvalue weighted by molar-refractivity contribution is -0.117. The minimum absolute atomic E-state index is 0.00487. The zero-order valence-corrected chi connectivity index (χ0v) is 12.5. The van der Waals surface area contributed by atoms with Crippen molar-refractivity contribution in [3.63, 3.8) is 0 Å². The summed E-state index contributed by atoms with van der Waals surface area (Å²) < 4.78 is 13.0. The Morgan fingerprint density at radius 3 is 2.90 bits per heavy atom. The van der Waals surface area contributed by atoms with Crippen LogP contribution in [-0.4, -0.2) is 24.4 Å². The highest BCUT2D eigenvalue weighted by Gasteiger charge is 2.09. The van der Waals surface area contributed by atoms with Crippen molar-refractivity contribution in [2.75, 3.05) is 18.9 Å². The summed E-state index contributed by atoms with van der Waals surface area (Å²) in [6.45, 7) is 0.974. The van der Waals surface area contributed by atoms with Crippen molar-refractivity contribution in [1.29, 1.82) is 0 Å². The maximum Gasteiger partial charge on any atom is 0.238 e. The van der Waals surface area contributed by atoms with Gasteiger partial charge in [-0.05, 0) is 36.7 Å². The molecular weight excluding hydrogens is 299 g/mol. The molecule has 0 saturated heterocycles. The van der Waals surface area contributed by atoms with E-state index in [4.69, 9.17) is 11.6 Å². The lowest BCUT2D eigenvalue weighted by atomic mass is 10.3. The maximum atomic E-state index is 13.0. The summed E-state index contributed by atoms with van der Waals surface area (Å²) in [5.74, 6) is -0.661. The molecule has 0 aliphatic carbocycles. The van der Waals surface area contributed by atoms with Crippen molar-refractivity contribution in [3.05, 3.63) is 51.4 Å². The molecular formula is C14H14ClFN2OS. The second-order valence-corrected chi connectivity index (χ2v) is 5.87. The molecule has 0 spiro atoms. The van der Waals surface area contributed by atoms with Crippen molar-refractivity contribution in [2.24, 2.45) is 0 Å². The largest absolute Gasteiger partial charge is 0.325 e. The van der Waals surface area contributed by atoms with Crippen LogP contribution in [0.4, 0.5) is 10.1 Å². The molecule has 2 rings (SSSR count). The summed E-state index contributed by atoms with van der Waals surface area (Å²) in [5.41, 5.74) is 0.492. The topological polar surface area (TPSA) is 32.3 Å². The van der Waals surface area contributed by atoms with Crippen LogP contribution in [0.3, 0.4) is 0 Å². The average Bonchev–Trinajstić information content (AvgIpc) is 2.86. The molecule has 0 atom stereocenters. The molecule has 0 radical (unpaired) electrons. The van der Waals surface area contributed by atoms with Crippen molar-refractivity contribution in [2.45, 2.75) is 6.54 Å². The molecule has 0 aliphatic heterocycles. The first kappa shape index (κ1) is 15.0. The summed E-state index contributed by atoms with van der Waals surface area (Å²) in [5, 5.41) is 4.69. The molecule has 1 aromatic heterocycles. The second-order valence-electron chi connectivity index (χ2n) is 4.43. The van der Waals surface area contributed by atoms with E-state index in [0.29, 0.717) is 5.69 Å². The zero-order chi connectivity index (χ0) is 14.5. The van der Waals surface area contributed by atoms with E-state index in [2.05, 4.69) is 5.32 Å². The Hall–Kier alpha value is -1.43. The maximum absolute atomic E-state index is 13.0. The standard InChI is InChI=1S/C14H14ClFN2OS/c1-18(8-11-3-2-6-20-11)9-14(19)17-10-4-5-13(16)12(15)7-10/h2-7H,8-9H2,1H3,(H,17,19). The van der Waals surface area contributed by atoms with Crippen LogP contribution in [0.2, 0.25) is 5.02 Å². The highest BCUT2D eigenvalue weighted by atomic mass is 35.5. The van der Waals surface area contributed by atoms with Gasteiger partial charge in [-0.3, -0.25) is 9.69 Å². The van der Waals surface area contributed by atoms with Gasteiger partial charge < -0.3 is 5.32 Å². The van der Waals surface area contributed by atoms with Gasteiger partial charge in [-0.1, -0.05) is 17.7 Å². The average molecular weight is 313 g/mol. The second kappa shape index (κ2) is 6.83. The molecule has 3 nitrogen and oxygen atoms in total. The summed E-state index contributed by atoms with van der Waals surface area (Å²) >= 11 is 7.32. The van der Waals surface area contributed by atoms with E-state index in [0.717, 1.165) is 6.54 Å². The first-order valence-electron chi connectivity index (χ1n) is 6.00. The highest BCUT2D eigenvalue weighted by Crippen LogP contribution is 2.19. The van der Waals surface area contributed by atoms with Crippen molar-refractivity contribution in [3.8, 4) is 0 Å². The Balaban J connectivity index is 1.87. The number of carbonyl (C=O) groups excluding carboxylic acids is 1. The Labute approximate surface area is 126 Å². The van der Waals surface area contributed by atoms with E-state index in [1.54, 1.807) is 11.3 Å². The van der Waals surface area contributed by atoms with E-state index in [1.807, 2.05) is 29.5 Å². The van der Waals surface area contributed by atoms with Gasteiger partial charge in [-0.25, -0.2) is 4.39 Å². The van der Waals surface area contributed by atoms with Gasteiger partial charge in [0.05, 0.1) is 11.6 Å². The van der Waals surface area contributed by atoms with E-state index in [9.17, 15) is 9.18 Å². The van der Waals surface area contributed by atoms with Gasteiger partial charge in [-0.2, -0.15) is 0 Å². The van der Waals surface area contributed by atoms with Crippen LogP contribution in [0.15, 0.2) is 35.7 Å². The minimum atomic E-state index is -0.500. The molecule has 1 amide bonds. The van der Waals surface area contributed by atoms with E-state index in [-0.39, 0.29) is 17.5 Å². The first-order chi connectivity index (χ1) is 9.54. The number of nitrogens with zero attached hydrogens (tertiary/aromatic N) is 1. The predicted molar refractivity (Wildman–Crippen MR) is 80.7 cm³/mol. The van der Waals surface area contributed by atoms with Gasteiger partial charge in [-0.15, -0.1) is 11.3 Å². The summed E-state index contributed by atoms with van der Waals surface area (Å²) in [6, 6.07) is 8.12. The lowest BCUT2D eigenvalue weighted by Gasteiger charge is -2.15. The van der Waals surface area contributed by atoms with Crippen LogP contribution in [-0.2, 0) is 11.3 Å². The summed E-state index contributed by atoms with van der Waals surface area (Å²) in [4.78, 5) is 15.0. The first-order valence-corrected chi connectivity index (χ1v) is 7.26. The molecule has 6 heteroatoms. The number of benzene rings is 1. The van der Waals surface area contributed by atoms with Gasteiger partial charge in [0.1, 0.15) is 5.82 Å². The van der Waals surface area contributed by atoms with Crippen LogP contribution in [0.5, 0.6) is 0 Å². The predicted octanol–water partition coefficient (Wildman–Crippen LogP) is 3.61. The summed E-state index contributed by atoms with van der Waals surface area (Å²) in [7, 11) is 1.87. The van der Waals surface area contributed by atoms with Gasteiger partial charge in [0, 0.05) is 17.1 Å². The third-order valence-corrected chi connectivity index (χ3v) is 3.77. The number of rotatable bonds is 5. The Bertz CT molecular complexity index is 589. The Morgan fingerprint density at radius 2 is 2.25 bits per heavy atom. The van der Waals surface area contributed by atoms with Crippen LogP contribution >= 0.6 is 22.9 Å². The fourth-order valence-corrected chi connectivity index (χ4v) is 2.71. The fourth-order valence-electron chi connectivity index (χ4n) is 1.74. The Morgan fingerprint density at radius 1 is 1.45 bits per heavy atom. The van der Waals surface area contributed by atoms with Crippen LogP contribution in [0.1, 0.15) is 4.88 Å². The third kappa shape index (κ3) is 4.30. The number of thiophene rings is 1. The smallest absolute Gasteiger partial charge is 0.238 e. The zero-order valence-electron chi connectivity index (χ0n) is 10.9. The molecule has 0 saturated carbocycles.